The first-order chi connectivity index (χ1) is 13.7. The Labute approximate surface area is 158 Å². The van der Waals surface area contributed by atoms with Gasteiger partial charge in [-0.15, -0.1) is 5.10 Å². The summed E-state index contributed by atoms with van der Waals surface area (Å²) in [4.78, 5) is 4.83. The predicted octanol–water partition coefficient (Wildman–Crippen LogP) is 4.59. The van der Waals surface area contributed by atoms with Crippen molar-refractivity contribution in [1.29, 1.82) is 0 Å². The van der Waals surface area contributed by atoms with Gasteiger partial charge in [-0.1, -0.05) is 48.5 Å². The van der Waals surface area contributed by atoms with Gasteiger partial charge in [0.1, 0.15) is 5.52 Å². The molecule has 0 atom stereocenters. The number of rotatable bonds is 4. The van der Waals surface area contributed by atoms with Gasteiger partial charge in [-0.05, 0) is 36.8 Å². The Kier molecular flexibility index (Phi) is 3.39. The van der Waals surface area contributed by atoms with Gasteiger partial charge in [0.15, 0.2) is 5.82 Å². The van der Waals surface area contributed by atoms with Crippen molar-refractivity contribution in [1.82, 2.24) is 19.2 Å². The third-order valence-electron chi connectivity index (χ3n) is 4.69. The van der Waals surface area contributed by atoms with Crippen LogP contribution in [0, 0.1) is 6.92 Å². The molecule has 2 aromatic carbocycles. The van der Waals surface area contributed by atoms with Crippen LogP contribution in [0.15, 0.2) is 79.0 Å². The quantitative estimate of drug-likeness (QED) is 0.513. The lowest BCUT2D eigenvalue weighted by atomic mass is 10.2. The summed E-state index contributed by atoms with van der Waals surface area (Å²) >= 11 is 0. The van der Waals surface area contributed by atoms with E-state index in [2.05, 4.69) is 17.4 Å². The van der Waals surface area contributed by atoms with Gasteiger partial charge in [-0.25, -0.2) is 4.52 Å². The highest BCUT2D eigenvalue weighted by molar-refractivity contribution is 5.82. The van der Waals surface area contributed by atoms with Crippen LogP contribution in [0.2, 0.25) is 0 Å². The Balaban J connectivity index is 1.63. The summed E-state index contributed by atoms with van der Waals surface area (Å²) in [6.07, 6.45) is 1.92. The van der Waals surface area contributed by atoms with E-state index in [4.69, 9.17) is 11.5 Å². The second-order valence-corrected chi connectivity index (χ2v) is 6.53. The van der Waals surface area contributed by atoms with Crippen LogP contribution in [0.1, 0.15) is 12.6 Å². The molecule has 1 N–H and O–H groups in total. The number of hydrogen-bond acceptors (Lipinski definition) is 3. The summed E-state index contributed by atoms with van der Waals surface area (Å²) in [5.41, 5.74) is 4.05. The highest BCUT2D eigenvalue weighted by Gasteiger charge is 2.13. The van der Waals surface area contributed by atoms with Crippen LogP contribution in [0.25, 0.3) is 22.4 Å². The van der Waals surface area contributed by atoms with E-state index in [-0.39, 0.29) is 0 Å². The molecular weight excluding hydrogens is 334 g/mol. The summed E-state index contributed by atoms with van der Waals surface area (Å²) in [5, 5.41) is 9.05. The van der Waals surface area contributed by atoms with E-state index in [1.165, 1.54) is 5.56 Å². The van der Waals surface area contributed by atoms with Crippen molar-refractivity contribution < 1.29 is 1.37 Å². The predicted molar refractivity (Wildman–Crippen MR) is 108 cm³/mol. The Bertz CT molecular complexity index is 1290. The molecule has 0 aliphatic carbocycles. The number of para-hydroxylation sites is 1. The molecule has 3 heterocycles. The van der Waals surface area contributed by atoms with Crippen molar-refractivity contribution in [2.75, 3.05) is 5.32 Å². The molecule has 0 saturated heterocycles. The van der Waals surface area contributed by atoms with E-state index in [0.717, 1.165) is 27.9 Å². The molecule has 0 unspecified atom stereocenters. The van der Waals surface area contributed by atoms with Crippen molar-refractivity contribution in [3.05, 3.63) is 90.2 Å². The number of aromatic nitrogens is 4. The zero-order chi connectivity index (χ0) is 19.1. The van der Waals surface area contributed by atoms with Gasteiger partial charge in [-0.2, -0.15) is 4.98 Å². The van der Waals surface area contributed by atoms with E-state index in [1.54, 1.807) is 6.07 Å². The molecule has 5 rings (SSSR count). The molecule has 0 bridgehead atoms. The fourth-order valence-electron chi connectivity index (χ4n) is 3.41. The Hall–Kier alpha value is -3.60. The van der Waals surface area contributed by atoms with Crippen LogP contribution in [-0.4, -0.2) is 19.2 Å². The lowest BCUT2D eigenvalue weighted by Crippen LogP contribution is -2.11. The molecule has 0 fully saturated rings. The average molecular weight is 354 g/mol. The van der Waals surface area contributed by atoms with Gasteiger partial charge < -0.3 is 5.32 Å². The van der Waals surface area contributed by atoms with Gasteiger partial charge >= 0.3 is 0 Å². The van der Waals surface area contributed by atoms with Crippen molar-refractivity contribution >= 4 is 22.2 Å². The first kappa shape index (κ1) is 14.6. The number of benzene rings is 2. The maximum atomic E-state index is 8.17. The standard InChI is InChI=1S/C22H19N5/c1-16-14-18-10-5-6-11-19(18)27(16)22-24-21(20-12-7-13-26(20)25-22)23-15-17-8-3-2-4-9-17/h2-14H,15H2,1H3,(H,23,24,25)/i10D. The molecule has 0 spiro atoms. The molecule has 0 saturated carbocycles. The topological polar surface area (TPSA) is 47.2 Å². The van der Waals surface area contributed by atoms with Crippen molar-refractivity contribution in [2.24, 2.45) is 0 Å². The highest BCUT2D eigenvalue weighted by atomic mass is 15.3. The minimum atomic E-state index is 0.504. The largest absolute Gasteiger partial charge is 0.364 e. The number of anilines is 1. The number of hydrogen-bond donors (Lipinski definition) is 1. The molecular formula is C22H19N5. The van der Waals surface area contributed by atoms with E-state index >= 15 is 0 Å². The zero-order valence-electron chi connectivity index (χ0n) is 15.9. The first-order valence-electron chi connectivity index (χ1n) is 9.42. The minimum Gasteiger partial charge on any atom is -0.364 e. The van der Waals surface area contributed by atoms with Gasteiger partial charge in [0.05, 0.1) is 6.89 Å². The maximum absolute atomic E-state index is 8.17. The molecule has 0 radical (unpaired) electrons. The first-order valence-corrected chi connectivity index (χ1v) is 8.92. The molecule has 27 heavy (non-hydrogen) atoms. The smallest absolute Gasteiger partial charge is 0.254 e. The van der Waals surface area contributed by atoms with E-state index in [9.17, 15) is 0 Å². The molecule has 0 aliphatic rings. The number of fused-ring (bicyclic) bond motifs is 2. The average Bonchev–Trinajstić information content (AvgIpc) is 3.31. The molecule has 5 aromatic rings. The van der Waals surface area contributed by atoms with E-state index in [0.29, 0.717) is 18.5 Å². The van der Waals surface area contributed by atoms with Crippen molar-refractivity contribution in [3.63, 3.8) is 0 Å². The molecule has 3 aromatic heterocycles. The third-order valence-corrected chi connectivity index (χ3v) is 4.69. The number of aryl methyl sites for hydroxylation is 1. The van der Waals surface area contributed by atoms with Crippen molar-refractivity contribution in [2.45, 2.75) is 13.5 Å². The van der Waals surface area contributed by atoms with Crippen LogP contribution < -0.4 is 5.32 Å². The zero-order valence-corrected chi connectivity index (χ0v) is 14.9. The highest BCUT2D eigenvalue weighted by Crippen LogP contribution is 2.24. The lowest BCUT2D eigenvalue weighted by molar-refractivity contribution is 0.823. The van der Waals surface area contributed by atoms with Gasteiger partial charge in [0.25, 0.3) is 5.95 Å². The lowest BCUT2D eigenvalue weighted by Gasteiger charge is -2.12. The summed E-state index contributed by atoms with van der Waals surface area (Å²) < 4.78 is 12.0. The van der Waals surface area contributed by atoms with Crippen LogP contribution >= 0.6 is 0 Å². The summed E-state index contributed by atoms with van der Waals surface area (Å²) in [5.74, 6) is 1.36. The molecule has 0 amide bonds. The fraction of sp³-hybridized carbons (Fsp3) is 0.0909. The Morgan fingerprint density at radius 2 is 1.81 bits per heavy atom. The minimum absolute atomic E-state index is 0.504. The molecule has 0 aliphatic heterocycles. The van der Waals surface area contributed by atoms with Gasteiger partial charge in [0.2, 0.25) is 0 Å². The SMILES string of the molecule is [2H]c1cccc2c1cc(C)n2-c1nc(NCc2ccccc2)c2cccn2n1. The second kappa shape index (κ2) is 6.29. The van der Waals surface area contributed by atoms with Gasteiger partial charge in [-0.3, -0.25) is 4.57 Å². The Morgan fingerprint density at radius 1 is 1.00 bits per heavy atom. The van der Waals surface area contributed by atoms with Crippen LogP contribution in [0.4, 0.5) is 5.82 Å². The summed E-state index contributed by atoms with van der Waals surface area (Å²) in [6.45, 7) is 2.69. The monoisotopic (exact) mass is 354 g/mol. The maximum Gasteiger partial charge on any atom is 0.254 e. The molecule has 132 valence electrons. The second-order valence-electron chi connectivity index (χ2n) is 6.53. The summed E-state index contributed by atoms with van der Waals surface area (Å²) in [7, 11) is 0. The van der Waals surface area contributed by atoms with Crippen LogP contribution in [0.3, 0.4) is 0 Å². The van der Waals surface area contributed by atoms with Crippen molar-refractivity contribution in [3.8, 4) is 5.95 Å². The van der Waals surface area contributed by atoms with Gasteiger partial charge in [0, 0.05) is 23.8 Å². The third kappa shape index (κ3) is 2.73. The van der Waals surface area contributed by atoms with E-state index in [1.807, 2.05) is 70.7 Å². The number of nitrogens with one attached hydrogen (secondary N) is 1. The van der Waals surface area contributed by atoms with Crippen LogP contribution in [0.5, 0.6) is 0 Å². The fourth-order valence-corrected chi connectivity index (χ4v) is 3.41. The van der Waals surface area contributed by atoms with E-state index < -0.39 is 0 Å². The molecule has 5 nitrogen and oxygen atoms in total. The Morgan fingerprint density at radius 3 is 2.70 bits per heavy atom. The normalized spacial score (nSPS) is 11.8. The number of nitrogens with zero attached hydrogens (tertiary/aromatic N) is 4. The molecule has 5 heteroatoms. The van der Waals surface area contributed by atoms with Crippen LogP contribution in [-0.2, 0) is 6.54 Å². The summed E-state index contributed by atoms with van der Waals surface area (Å²) in [6, 6.07) is 22.4.